The molecule has 55 heavy (non-hydrogen) atoms. The molecule has 0 aromatic heterocycles. The van der Waals surface area contributed by atoms with E-state index in [-0.39, 0.29) is 107 Å². The fourth-order valence-corrected chi connectivity index (χ4v) is 16.1. The molecule has 15 atom stereocenters. The maximum absolute atomic E-state index is 14.1. The molecule has 0 spiro atoms. The normalized spacial score (nSPS) is 40.7. The van der Waals surface area contributed by atoms with E-state index in [4.69, 9.17) is 4.74 Å². The van der Waals surface area contributed by atoms with Crippen LogP contribution in [-0.4, -0.2) is 58.4 Å². The lowest BCUT2D eigenvalue weighted by molar-refractivity contribution is -0.374. The van der Waals surface area contributed by atoms with Crippen LogP contribution in [0.5, 0.6) is 0 Å². The van der Waals surface area contributed by atoms with Gasteiger partial charge in [-0.15, -0.1) is 0 Å². The zero-order valence-corrected chi connectivity index (χ0v) is 34.4. The van der Waals surface area contributed by atoms with E-state index in [1.807, 2.05) is 0 Å². The van der Waals surface area contributed by atoms with Crippen molar-refractivity contribution in [1.29, 1.82) is 0 Å². The number of hydrogen-bond acceptors (Lipinski definition) is 5. The standard InChI is InChI=1S/C43H66F6O6/c1-37(2,3)29-20-13-23(19-41(54,42(44,45)46)43(47,48)49)24(14-20)33(29)40(9,10)31-21-15-25(27(17-21)35(51)52)34(31)39(7,8)30-22-16-26(32(30)38(4,5)6)28(18-22)36(53)55-12-11-50/h20-34,50,54H,11-19H2,1-10H3,(H,51,52). The van der Waals surface area contributed by atoms with Crippen molar-refractivity contribution in [2.24, 2.45) is 110 Å². The van der Waals surface area contributed by atoms with E-state index in [1.165, 1.54) is 0 Å². The van der Waals surface area contributed by atoms with Gasteiger partial charge in [-0.2, -0.15) is 26.3 Å². The second-order valence-electron chi connectivity index (χ2n) is 22.5. The summed E-state index contributed by atoms with van der Waals surface area (Å²) in [5.41, 5.74) is -6.26. The van der Waals surface area contributed by atoms with Gasteiger partial charge in [0.1, 0.15) is 6.61 Å². The van der Waals surface area contributed by atoms with Gasteiger partial charge in [0, 0.05) is 0 Å². The van der Waals surface area contributed by atoms with Crippen LogP contribution in [0.15, 0.2) is 0 Å². The Kier molecular flexibility index (Phi) is 10.6. The number of carbonyl (C=O) groups is 2. The zero-order chi connectivity index (χ0) is 41.4. The Morgan fingerprint density at radius 3 is 1.45 bits per heavy atom. The molecule has 0 amide bonds. The number of hydrogen-bond donors (Lipinski definition) is 3. The summed E-state index contributed by atoms with van der Waals surface area (Å²) in [6, 6.07) is 0. The predicted molar refractivity (Wildman–Crippen MR) is 194 cm³/mol. The van der Waals surface area contributed by atoms with Crippen molar-refractivity contribution >= 4 is 11.9 Å². The third kappa shape index (κ3) is 6.67. The Labute approximate surface area is 323 Å². The van der Waals surface area contributed by atoms with Crippen LogP contribution in [-0.2, 0) is 14.3 Å². The number of ether oxygens (including phenoxy) is 1. The molecular formula is C43H66F6O6. The molecule has 12 heteroatoms. The minimum Gasteiger partial charge on any atom is -0.481 e. The van der Waals surface area contributed by atoms with E-state index in [1.54, 1.807) is 0 Å². The van der Waals surface area contributed by atoms with Crippen LogP contribution in [0.25, 0.3) is 0 Å². The van der Waals surface area contributed by atoms with Gasteiger partial charge in [0.05, 0.1) is 18.4 Å². The molecule has 6 bridgehead atoms. The minimum absolute atomic E-state index is 0.0212. The van der Waals surface area contributed by atoms with Gasteiger partial charge in [0.25, 0.3) is 5.60 Å². The van der Waals surface area contributed by atoms with E-state index >= 15 is 0 Å². The summed E-state index contributed by atoms with van der Waals surface area (Å²) in [5.74, 6) is -3.25. The minimum atomic E-state index is -5.87. The van der Waals surface area contributed by atoms with E-state index in [2.05, 4.69) is 69.2 Å². The molecule has 6 aliphatic carbocycles. The van der Waals surface area contributed by atoms with Crippen LogP contribution < -0.4 is 0 Å². The fourth-order valence-electron chi connectivity index (χ4n) is 16.1. The van der Waals surface area contributed by atoms with Gasteiger partial charge in [0.2, 0.25) is 0 Å². The van der Waals surface area contributed by atoms with Gasteiger partial charge in [-0.25, -0.2) is 0 Å². The lowest BCUT2D eigenvalue weighted by atomic mass is 9.44. The summed E-state index contributed by atoms with van der Waals surface area (Å²) < 4.78 is 90.2. The first-order valence-corrected chi connectivity index (χ1v) is 20.8. The summed E-state index contributed by atoms with van der Waals surface area (Å²) >= 11 is 0. The molecule has 0 aliphatic heterocycles. The summed E-state index contributed by atoms with van der Waals surface area (Å²) in [4.78, 5) is 26.2. The Balaban J connectivity index is 1.41. The lowest BCUT2D eigenvalue weighted by Gasteiger charge is -2.60. The van der Waals surface area contributed by atoms with Crippen molar-refractivity contribution in [2.45, 2.75) is 132 Å². The molecule has 15 unspecified atom stereocenters. The monoisotopic (exact) mass is 792 g/mol. The van der Waals surface area contributed by atoms with Crippen molar-refractivity contribution in [3.8, 4) is 0 Å². The number of alkyl halides is 6. The molecular weight excluding hydrogens is 726 g/mol. The van der Waals surface area contributed by atoms with Crippen molar-refractivity contribution in [3.05, 3.63) is 0 Å². The van der Waals surface area contributed by atoms with E-state index in [9.17, 15) is 51.3 Å². The molecule has 0 aromatic carbocycles. The van der Waals surface area contributed by atoms with Gasteiger partial charge in [-0.3, -0.25) is 9.59 Å². The Hall–Kier alpha value is -1.56. The van der Waals surface area contributed by atoms with Crippen LogP contribution in [0.1, 0.15) is 114 Å². The van der Waals surface area contributed by atoms with Crippen LogP contribution in [0.3, 0.4) is 0 Å². The zero-order valence-electron chi connectivity index (χ0n) is 34.4. The Morgan fingerprint density at radius 1 is 0.582 bits per heavy atom. The topological polar surface area (TPSA) is 104 Å². The molecule has 3 N–H and O–H groups in total. The molecule has 6 rings (SSSR count). The quantitative estimate of drug-likeness (QED) is 0.150. The summed E-state index contributed by atoms with van der Waals surface area (Å²) in [5, 5.41) is 30.3. The smallest absolute Gasteiger partial charge is 0.426 e. The predicted octanol–water partition coefficient (Wildman–Crippen LogP) is 9.66. The van der Waals surface area contributed by atoms with E-state index in [0.717, 1.165) is 12.8 Å². The Morgan fingerprint density at radius 2 is 1.00 bits per heavy atom. The number of rotatable bonds is 10. The highest BCUT2D eigenvalue weighted by Crippen LogP contribution is 2.76. The number of aliphatic carboxylic acids is 1. The van der Waals surface area contributed by atoms with Gasteiger partial charge in [-0.1, -0.05) is 69.2 Å². The maximum atomic E-state index is 14.1. The number of esters is 1. The SMILES string of the molecule is CC(C)(C)C1C2CC(CC2C(=O)OCCO)C1C(C)(C)C1C2CC(CC2C(=O)O)C1C(C)(C)C1C2CC(CC2CC(O)(C(F)(F)F)C(F)(F)F)C1C(C)(C)C. The van der Waals surface area contributed by atoms with Gasteiger partial charge >= 0.3 is 24.3 Å². The molecule has 6 nitrogen and oxygen atoms in total. The Bertz CT molecular complexity index is 1460. The van der Waals surface area contributed by atoms with Crippen LogP contribution in [0, 0.1) is 110 Å². The number of halogens is 6. The highest BCUT2D eigenvalue weighted by molar-refractivity contribution is 5.73. The highest BCUT2D eigenvalue weighted by atomic mass is 19.4. The van der Waals surface area contributed by atoms with Crippen LogP contribution >= 0.6 is 0 Å². The first-order valence-electron chi connectivity index (χ1n) is 20.8. The molecule has 0 radical (unpaired) electrons. The van der Waals surface area contributed by atoms with E-state index in [0.29, 0.717) is 19.3 Å². The second-order valence-corrected chi connectivity index (χ2v) is 22.5. The van der Waals surface area contributed by atoms with Crippen LogP contribution in [0.4, 0.5) is 26.3 Å². The number of carboxylic acids is 1. The summed E-state index contributed by atoms with van der Waals surface area (Å²) in [7, 11) is 0. The number of aliphatic hydroxyl groups excluding tert-OH is 1. The highest BCUT2D eigenvalue weighted by Gasteiger charge is 2.74. The van der Waals surface area contributed by atoms with Gasteiger partial charge in [0.15, 0.2) is 0 Å². The van der Waals surface area contributed by atoms with Crippen molar-refractivity contribution < 1.29 is 56.0 Å². The van der Waals surface area contributed by atoms with Crippen molar-refractivity contribution in [1.82, 2.24) is 0 Å². The molecule has 6 aliphatic rings. The lowest BCUT2D eigenvalue weighted by Crippen LogP contribution is -2.59. The number of carboxylic acid groups (broad SMARTS) is 1. The fraction of sp³-hybridized carbons (Fsp3) is 0.953. The maximum Gasteiger partial charge on any atom is 0.426 e. The molecule has 6 fully saturated rings. The van der Waals surface area contributed by atoms with Crippen molar-refractivity contribution in [3.63, 3.8) is 0 Å². The first-order chi connectivity index (χ1) is 24.9. The van der Waals surface area contributed by atoms with Gasteiger partial charge in [-0.05, 0) is 144 Å². The van der Waals surface area contributed by atoms with E-state index < -0.39 is 58.9 Å². The largest absolute Gasteiger partial charge is 0.481 e. The molecule has 0 saturated heterocycles. The molecule has 316 valence electrons. The average Bonchev–Trinajstić information content (AvgIpc) is 3.87. The van der Waals surface area contributed by atoms with Crippen molar-refractivity contribution in [2.75, 3.05) is 13.2 Å². The van der Waals surface area contributed by atoms with Crippen LogP contribution in [0.2, 0.25) is 0 Å². The summed E-state index contributed by atoms with van der Waals surface area (Å²) in [6.07, 6.45) is -9.67. The third-order valence-corrected chi connectivity index (χ3v) is 17.0. The third-order valence-electron chi connectivity index (χ3n) is 17.0. The number of aliphatic hydroxyl groups is 2. The molecule has 0 aromatic rings. The second kappa shape index (κ2) is 13.5. The first kappa shape index (κ1) is 43.0. The average molecular weight is 793 g/mol. The van der Waals surface area contributed by atoms with Gasteiger partial charge < -0.3 is 20.1 Å². The molecule has 6 saturated carbocycles. The summed E-state index contributed by atoms with van der Waals surface area (Å²) in [6.45, 7) is 21.6. The molecule has 0 heterocycles. The number of fused-ring (bicyclic) bond motifs is 6. The number of carbonyl (C=O) groups excluding carboxylic acids is 1.